The Balaban J connectivity index is 1.68. The summed E-state index contributed by atoms with van der Waals surface area (Å²) in [5.74, 6) is -0.988. The summed E-state index contributed by atoms with van der Waals surface area (Å²) in [5.41, 5.74) is 3.22. The molecule has 0 aliphatic carbocycles. The van der Waals surface area contributed by atoms with Crippen molar-refractivity contribution in [2.45, 2.75) is 11.3 Å². The summed E-state index contributed by atoms with van der Waals surface area (Å²) >= 11 is 5.89. The molecule has 1 aliphatic rings. The number of fused-ring (bicyclic) bond motifs is 1. The van der Waals surface area contributed by atoms with Crippen LogP contribution < -0.4 is 4.72 Å². The molecule has 0 aromatic heterocycles. The zero-order valence-electron chi connectivity index (χ0n) is 15.0. The SMILES string of the molecule is O=S(=O)(Nc1cccc(C2=NCCc3ccc(F)cc32)c1)c1ccc(F)cc1Cl. The second-order valence-electron chi connectivity index (χ2n) is 6.54. The maximum atomic E-state index is 13.8. The Labute approximate surface area is 171 Å². The van der Waals surface area contributed by atoms with Crippen LogP contribution in [-0.2, 0) is 16.4 Å². The molecular weight excluding hydrogens is 418 g/mol. The molecule has 148 valence electrons. The Bertz CT molecular complexity index is 1240. The molecule has 29 heavy (non-hydrogen) atoms. The zero-order valence-corrected chi connectivity index (χ0v) is 16.6. The van der Waals surface area contributed by atoms with Crippen molar-refractivity contribution in [3.63, 3.8) is 0 Å². The molecule has 0 atom stereocenters. The van der Waals surface area contributed by atoms with Gasteiger partial charge in [-0.15, -0.1) is 0 Å². The van der Waals surface area contributed by atoms with Crippen LogP contribution in [0.4, 0.5) is 14.5 Å². The fourth-order valence-corrected chi connectivity index (χ4v) is 4.82. The molecule has 3 aromatic carbocycles. The second-order valence-corrected chi connectivity index (χ2v) is 8.60. The first-order chi connectivity index (χ1) is 13.8. The third kappa shape index (κ3) is 4.02. The largest absolute Gasteiger partial charge is 0.284 e. The molecule has 0 radical (unpaired) electrons. The molecule has 4 nitrogen and oxygen atoms in total. The molecule has 0 bridgehead atoms. The van der Waals surface area contributed by atoms with Gasteiger partial charge in [0.15, 0.2) is 0 Å². The average molecular weight is 433 g/mol. The summed E-state index contributed by atoms with van der Waals surface area (Å²) in [6.45, 7) is 0.565. The number of sulfonamides is 1. The molecular formula is C21H15ClF2N2O2S. The van der Waals surface area contributed by atoms with Crippen molar-refractivity contribution in [2.24, 2.45) is 4.99 Å². The Morgan fingerprint density at radius 3 is 2.52 bits per heavy atom. The van der Waals surface area contributed by atoms with E-state index in [1.165, 1.54) is 12.1 Å². The van der Waals surface area contributed by atoms with E-state index in [0.29, 0.717) is 29.8 Å². The van der Waals surface area contributed by atoms with Crippen molar-refractivity contribution in [1.29, 1.82) is 0 Å². The summed E-state index contributed by atoms with van der Waals surface area (Å²) < 4.78 is 54.8. The number of benzene rings is 3. The quantitative estimate of drug-likeness (QED) is 0.643. The fraction of sp³-hybridized carbons (Fsp3) is 0.0952. The van der Waals surface area contributed by atoms with Crippen LogP contribution in [0.5, 0.6) is 0 Å². The first-order valence-electron chi connectivity index (χ1n) is 8.75. The van der Waals surface area contributed by atoms with Gasteiger partial charge < -0.3 is 0 Å². The maximum Gasteiger partial charge on any atom is 0.263 e. The highest BCUT2D eigenvalue weighted by atomic mass is 35.5. The summed E-state index contributed by atoms with van der Waals surface area (Å²) in [4.78, 5) is 4.28. The van der Waals surface area contributed by atoms with Gasteiger partial charge in [0, 0.05) is 23.4 Å². The van der Waals surface area contributed by atoms with Crippen molar-refractivity contribution in [3.05, 3.63) is 94.0 Å². The molecule has 0 unspecified atom stereocenters. The van der Waals surface area contributed by atoms with Gasteiger partial charge in [-0.2, -0.15) is 0 Å². The van der Waals surface area contributed by atoms with Crippen molar-refractivity contribution < 1.29 is 17.2 Å². The topological polar surface area (TPSA) is 58.5 Å². The van der Waals surface area contributed by atoms with Crippen LogP contribution in [0.25, 0.3) is 0 Å². The molecule has 1 aliphatic heterocycles. The van der Waals surface area contributed by atoms with Crippen molar-refractivity contribution in [3.8, 4) is 0 Å². The molecule has 8 heteroatoms. The van der Waals surface area contributed by atoms with Crippen LogP contribution in [0.3, 0.4) is 0 Å². The van der Waals surface area contributed by atoms with Crippen LogP contribution in [0, 0.1) is 11.6 Å². The van der Waals surface area contributed by atoms with Crippen molar-refractivity contribution in [2.75, 3.05) is 11.3 Å². The van der Waals surface area contributed by atoms with Gasteiger partial charge in [-0.05, 0) is 54.4 Å². The molecule has 0 spiro atoms. The van der Waals surface area contributed by atoms with Crippen LogP contribution >= 0.6 is 11.6 Å². The van der Waals surface area contributed by atoms with E-state index in [2.05, 4.69) is 9.71 Å². The van der Waals surface area contributed by atoms with Gasteiger partial charge in [0.1, 0.15) is 16.5 Å². The summed E-state index contributed by atoms with van der Waals surface area (Å²) in [6.07, 6.45) is 0.717. The van der Waals surface area contributed by atoms with Crippen molar-refractivity contribution in [1.82, 2.24) is 0 Å². The molecule has 4 rings (SSSR count). The molecule has 0 amide bonds. The highest BCUT2D eigenvalue weighted by Gasteiger charge is 2.20. The highest BCUT2D eigenvalue weighted by molar-refractivity contribution is 7.92. The lowest BCUT2D eigenvalue weighted by Crippen LogP contribution is -2.16. The highest BCUT2D eigenvalue weighted by Crippen LogP contribution is 2.27. The van der Waals surface area contributed by atoms with E-state index in [1.807, 2.05) is 0 Å². The third-order valence-corrected chi connectivity index (χ3v) is 6.41. The lowest BCUT2D eigenvalue weighted by Gasteiger charge is -2.18. The van der Waals surface area contributed by atoms with Crippen LogP contribution in [0.2, 0.25) is 5.02 Å². The fourth-order valence-electron chi connectivity index (χ4n) is 3.24. The minimum atomic E-state index is -4.02. The van der Waals surface area contributed by atoms with E-state index in [1.54, 1.807) is 30.3 Å². The van der Waals surface area contributed by atoms with Crippen LogP contribution in [0.1, 0.15) is 16.7 Å². The number of nitrogens with one attached hydrogen (secondary N) is 1. The van der Waals surface area contributed by atoms with Gasteiger partial charge >= 0.3 is 0 Å². The lowest BCUT2D eigenvalue weighted by atomic mass is 9.93. The van der Waals surface area contributed by atoms with Gasteiger partial charge in [0.25, 0.3) is 10.0 Å². The first kappa shape index (κ1) is 19.5. The number of anilines is 1. The lowest BCUT2D eigenvalue weighted by molar-refractivity contribution is 0.599. The Hall–Kier alpha value is -2.77. The molecule has 1 N–H and O–H groups in total. The van der Waals surface area contributed by atoms with E-state index >= 15 is 0 Å². The molecule has 3 aromatic rings. The maximum absolute atomic E-state index is 13.8. The first-order valence-corrected chi connectivity index (χ1v) is 10.6. The van der Waals surface area contributed by atoms with E-state index in [-0.39, 0.29) is 21.4 Å². The molecule has 0 saturated heterocycles. The van der Waals surface area contributed by atoms with Crippen LogP contribution in [0.15, 0.2) is 70.6 Å². The molecule has 1 heterocycles. The van der Waals surface area contributed by atoms with Gasteiger partial charge in [-0.3, -0.25) is 9.71 Å². The van der Waals surface area contributed by atoms with Crippen molar-refractivity contribution >= 4 is 33.0 Å². The molecule has 0 fully saturated rings. The van der Waals surface area contributed by atoms with E-state index in [9.17, 15) is 17.2 Å². The minimum absolute atomic E-state index is 0.213. The predicted molar refractivity (Wildman–Crippen MR) is 109 cm³/mol. The van der Waals surface area contributed by atoms with Gasteiger partial charge in [-0.25, -0.2) is 17.2 Å². The normalized spacial score (nSPS) is 13.6. The molecule has 0 saturated carbocycles. The average Bonchev–Trinajstić information content (AvgIpc) is 2.67. The van der Waals surface area contributed by atoms with E-state index < -0.39 is 15.8 Å². The van der Waals surface area contributed by atoms with E-state index in [0.717, 1.165) is 23.8 Å². The standard InChI is InChI=1S/C21H15ClF2N2O2S/c22-19-12-16(24)6-7-20(19)29(27,28)26-17-3-1-2-14(10-17)21-18-11-15(23)5-4-13(18)8-9-25-21/h1-7,10-12,26H,8-9H2. The smallest absolute Gasteiger partial charge is 0.263 e. The number of hydrogen-bond acceptors (Lipinski definition) is 3. The number of hydrogen-bond donors (Lipinski definition) is 1. The third-order valence-electron chi connectivity index (χ3n) is 4.55. The van der Waals surface area contributed by atoms with Gasteiger partial charge in [0.05, 0.1) is 10.7 Å². The number of nitrogens with zero attached hydrogens (tertiary/aromatic N) is 1. The number of rotatable bonds is 4. The van der Waals surface area contributed by atoms with Gasteiger partial charge in [0.2, 0.25) is 0 Å². The number of aliphatic imine (C=N–C) groups is 1. The Morgan fingerprint density at radius 2 is 1.72 bits per heavy atom. The van der Waals surface area contributed by atoms with Crippen LogP contribution in [-0.4, -0.2) is 20.7 Å². The zero-order chi connectivity index (χ0) is 20.6. The second kappa shape index (κ2) is 7.57. The monoisotopic (exact) mass is 432 g/mol. The van der Waals surface area contributed by atoms with E-state index in [4.69, 9.17) is 11.6 Å². The van der Waals surface area contributed by atoms with Gasteiger partial charge in [-0.1, -0.05) is 29.8 Å². The number of halogens is 3. The predicted octanol–water partition coefficient (Wildman–Crippen LogP) is 4.81. The Kier molecular flexibility index (Phi) is 5.10. The Morgan fingerprint density at radius 1 is 0.966 bits per heavy atom. The summed E-state index contributed by atoms with van der Waals surface area (Å²) in [7, 11) is -4.02. The summed E-state index contributed by atoms with van der Waals surface area (Å²) in [6, 6.07) is 14.3. The minimum Gasteiger partial charge on any atom is -0.284 e. The summed E-state index contributed by atoms with van der Waals surface area (Å²) in [5, 5.41) is -0.213.